The fraction of sp³-hybridized carbons (Fsp3) is 0.263. The molecule has 1 saturated heterocycles. The molecular formula is C19H23N3O2. The van der Waals surface area contributed by atoms with Crippen molar-refractivity contribution in [2.24, 2.45) is 0 Å². The highest BCUT2D eigenvalue weighted by Gasteiger charge is 2.19. The minimum absolute atomic E-state index is 0.261. The lowest BCUT2D eigenvalue weighted by Crippen LogP contribution is -2.51. The summed E-state index contributed by atoms with van der Waals surface area (Å²) in [5.74, 6) is 1.17. The molecular weight excluding hydrogens is 302 g/mol. The Morgan fingerprint density at radius 3 is 2.38 bits per heavy atom. The number of methoxy groups -OCH3 is 1. The van der Waals surface area contributed by atoms with Crippen LogP contribution in [-0.2, 0) is 0 Å². The summed E-state index contributed by atoms with van der Waals surface area (Å²) in [6.45, 7) is 7.68. The SMILES string of the molecule is C=C(NN1CCN(c2ccccc2OC)CC1)c1ccc(O)cc1. The van der Waals surface area contributed by atoms with Gasteiger partial charge in [0.05, 0.1) is 12.8 Å². The number of para-hydroxylation sites is 2. The molecule has 126 valence electrons. The van der Waals surface area contributed by atoms with E-state index in [9.17, 15) is 5.11 Å². The number of benzene rings is 2. The summed E-state index contributed by atoms with van der Waals surface area (Å²) >= 11 is 0. The maximum Gasteiger partial charge on any atom is 0.142 e. The van der Waals surface area contributed by atoms with Crippen LogP contribution >= 0.6 is 0 Å². The van der Waals surface area contributed by atoms with Crippen LogP contribution in [0.3, 0.4) is 0 Å². The molecule has 0 atom stereocenters. The standard InChI is InChI=1S/C19H23N3O2/c1-15(16-7-9-17(23)10-8-16)20-22-13-11-21(12-14-22)18-5-3-4-6-19(18)24-2/h3-10,20,23H,1,11-14H2,2H3. The van der Waals surface area contributed by atoms with E-state index in [0.717, 1.165) is 48.9 Å². The number of rotatable bonds is 5. The highest BCUT2D eigenvalue weighted by Crippen LogP contribution is 2.28. The Labute approximate surface area is 142 Å². The van der Waals surface area contributed by atoms with Crippen LogP contribution in [0.5, 0.6) is 11.5 Å². The largest absolute Gasteiger partial charge is 0.508 e. The van der Waals surface area contributed by atoms with Crippen LogP contribution in [0.15, 0.2) is 55.1 Å². The predicted molar refractivity (Wildman–Crippen MR) is 97.1 cm³/mol. The summed E-state index contributed by atoms with van der Waals surface area (Å²) in [6, 6.07) is 15.2. The molecule has 0 bridgehead atoms. The van der Waals surface area contributed by atoms with E-state index in [4.69, 9.17) is 4.74 Å². The number of hydrogen-bond acceptors (Lipinski definition) is 5. The summed E-state index contributed by atoms with van der Waals surface area (Å²) in [6.07, 6.45) is 0. The van der Waals surface area contributed by atoms with Crippen molar-refractivity contribution in [2.45, 2.75) is 0 Å². The van der Waals surface area contributed by atoms with Gasteiger partial charge in [0.25, 0.3) is 0 Å². The van der Waals surface area contributed by atoms with Crippen molar-refractivity contribution < 1.29 is 9.84 Å². The highest BCUT2D eigenvalue weighted by atomic mass is 16.5. The molecule has 1 aliphatic rings. The third kappa shape index (κ3) is 3.63. The summed E-state index contributed by atoms with van der Waals surface area (Å²) in [5.41, 5.74) is 6.30. The first-order valence-electron chi connectivity index (χ1n) is 8.05. The molecule has 1 aliphatic heterocycles. The van der Waals surface area contributed by atoms with E-state index in [2.05, 4.69) is 28.0 Å². The second-order valence-electron chi connectivity index (χ2n) is 5.78. The van der Waals surface area contributed by atoms with Gasteiger partial charge in [-0.1, -0.05) is 18.7 Å². The van der Waals surface area contributed by atoms with Crippen LogP contribution in [0, 0.1) is 0 Å². The number of piperazine rings is 1. The van der Waals surface area contributed by atoms with Crippen molar-refractivity contribution in [3.05, 3.63) is 60.7 Å². The van der Waals surface area contributed by atoms with Crippen LogP contribution in [0.1, 0.15) is 5.56 Å². The molecule has 0 unspecified atom stereocenters. The number of nitrogens with one attached hydrogen (secondary N) is 1. The Hall–Kier alpha value is -2.66. The molecule has 1 heterocycles. The molecule has 0 aliphatic carbocycles. The lowest BCUT2D eigenvalue weighted by Gasteiger charge is -2.37. The minimum atomic E-state index is 0.261. The normalized spacial score (nSPS) is 15.1. The molecule has 0 aromatic heterocycles. The molecule has 5 nitrogen and oxygen atoms in total. The van der Waals surface area contributed by atoms with Gasteiger partial charge in [0, 0.05) is 31.9 Å². The summed E-state index contributed by atoms with van der Waals surface area (Å²) in [5, 5.41) is 11.5. The summed E-state index contributed by atoms with van der Waals surface area (Å²) < 4.78 is 5.45. The van der Waals surface area contributed by atoms with Crippen molar-refractivity contribution in [2.75, 3.05) is 38.2 Å². The molecule has 1 fully saturated rings. The van der Waals surface area contributed by atoms with Crippen molar-refractivity contribution in [1.29, 1.82) is 0 Å². The van der Waals surface area contributed by atoms with Crippen molar-refractivity contribution in [3.8, 4) is 11.5 Å². The maximum absolute atomic E-state index is 9.36. The van der Waals surface area contributed by atoms with Gasteiger partial charge in [-0.3, -0.25) is 0 Å². The van der Waals surface area contributed by atoms with Crippen LogP contribution in [0.4, 0.5) is 5.69 Å². The van der Waals surface area contributed by atoms with Gasteiger partial charge in [-0.05, 0) is 42.0 Å². The van der Waals surface area contributed by atoms with Gasteiger partial charge >= 0.3 is 0 Å². The molecule has 2 aromatic rings. The first-order chi connectivity index (χ1) is 11.7. The molecule has 3 rings (SSSR count). The first kappa shape index (κ1) is 16.2. The maximum atomic E-state index is 9.36. The quantitative estimate of drug-likeness (QED) is 0.885. The number of aromatic hydroxyl groups is 1. The van der Waals surface area contributed by atoms with E-state index < -0.39 is 0 Å². The second-order valence-corrected chi connectivity index (χ2v) is 5.78. The number of nitrogens with zero attached hydrogens (tertiary/aromatic N) is 2. The average Bonchev–Trinajstić information content (AvgIpc) is 2.63. The Bertz CT molecular complexity index is 692. The summed E-state index contributed by atoms with van der Waals surface area (Å²) in [4.78, 5) is 2.33. The van der Waals surface area contributed by atoms with E-state index >= 15 is 0 Å². The van der Waals surface area contributed by atoms with Gasteiger partial charge in [-0.15, -0.1) is 0 Å². The van der Waals surface area contributed by atoms with Crippen molar-refractivity contribution in [1.82, 2.24) is 10.4 Å². The number of ether oxygens (including phenoxy) is 1. The first-order valence-corrected chi connectivity index (χ1v) is 8.05. The Balaban J connectivity index is 1.57. The van der Waals surface area contributed by atoms with Gasteiger partial charge in [-0.2, -0.15) is 0 Å². The van der Waals surface area contributed by atoms with Gasteiger partial charge in [0.1, 0.15) is 11.5 Å². The Morgan fingerprint density at radius 2 is 1.71 bits per heavy atom. The van der Waals surface area contributed by atoms with E-state index in [-0.39, 0.29) is 5.75 Å². The van der Waals surface area contributed by atoms with Crippen LogP contribution in [0.25, 0.3) is 5.70 Å². The molecule has 0 spiro atoms. The minimum Gasteiger partial charge on any atom is -0.508 e. The molecule has 0 saturated carbocycles. The van der Waals surface area contributed by atoms with Crippen molar-refractivity contribution in [3.63, 3.8) is 0 Å². The molecule has 0 radical (unpaired) electrons. The van der Waals surface area contributed by atoms with E-state index in [1.807, 2.05) is 30.3 Å². The molecule has 2 N–H and O–H groups in total. The number of hydrazine groups is 1. The topological polar surface area (TPSA) is 48.0 Å². The predicted octanol–water partition coefficient (Wildman–Crippen LogP) is 2.70. The lowest BCUT2D eigenvalue weighted by atomic mass is 10.2. The Morgan fingerprint density at radius 1 is 1.04 bits per heavy atom. The van der Waals surface area contributed by atoms with Crippen LogP contribution in [-0.4, -0.2) is 43.4 Å². The van der Waals surface area contributed by atoms with Gasteiger partial charge < -0.3 is 20.2 Å². The number of hydrogen-bond donors (Lipinski definition) is 2. The van der Waals surface area contributed by atoms with E-state index in [1.165, 1.54) is 0 Å². The monoisotopic (exact) mass is 325 g/mol. The average molecular weight is 325 g/mol. The van der Waals surface area contributed by atoms with Crippen LogP contribution in [0.2, 0.25) is 0 Å². The van der Waals surface area contributed by atoms with E-state index in [0.29, 0.717) is 0 Å². The van der Waals surface area contributed by atoms with E-state index in [1.54, 1.807) is 19.2 Å². The van der Waals surface area contributed by atoms with Crippen molar-refractivity contribution >= 4 is 11.4 Å². The zero-order valence-corrected chi connectivity index (χ0v) is 13.9. The number of phenolic OH excluding ortho intramolecular Hbond substituents is 1. The second kappa shape index (κ2) is 7.27. The molecule has 24 heavy (non-hydrogen) atoms. The number of anilines is 1. The third-order valence-electron chi connectivity index (χ3n) is 4.21. The fourth-order valence-corrected chi connectivity index (χ4v) is 2.87. The zero-order chi connectivity index (χ0) is 16.9. The van der Waals surface area contributed by atoms with Gasteiger partial charge in [0.15, 0.2) is 0 Å². The Kier molecular flexibility index (Phi) is 4.91. The smallest absolute Gasteiger partial charge is 0.142 e. The van der Waals surface area contributed by atoms with Crippen LogP contribution < -0.4 is 15.1 Å². The molecule has 0 amide bonds. The lowest BCUT2D eigenvalue weighted by molar-refractivity contribution is 0.214. The highest BCUT2D eigenvalue weighted by molar-refractivity contribution is 5.62. The number of phenols is 1. The molecule has 5 heteroatoms. The zero-order valence-electron chi connectivity index (χ0n) is 13.9. The third-order valence-corrected chi connectivity index (χ3v) is 4.21. The molecule has 2 aromatic carbocycles. The summed E-state index contributed by atoms with van der Waals surface area (Å²) in [7, 11) is 1.71. The van der Waals surface area contributed by atoms with Gasteiger partial charge in [-0.25, -0.2) is 5.01 Å². The fourth-order valence-electron chi connectivity index (χ4n) is 2.87. The van der Waals surface area contributed by atoms with Gasteiger partial charge in [0.2, 0.25) is 0 Å².